The Morgan fingerprint density at radius 1 is 1.13 bits per heavy atom. The van der Waals surface area contributed by atoms with Gasteiger partial charge in [-0.2, -0.15) is 5.10 Å². The Bertz CT molecular complexity index is 1530. The minimum Gasteiger partial charge on any atom is -0.383 e. The molecule has 0 radical (unpaired) electrons. The fraction of sp³-hybridized carbons (Fsp3) is 0.333. The zero-order chi connectivity index (χ0) is 26.9. The summed E-state index contributed by atoms with van der Waals surface area (Å²) in [4.78, 5) is 25.7. The Balaban J connectivity index is 1.15. The Morgan fingerprint density at radius 2 is 1.92 bits per heavy atom. The lowest BCUT2D eigenvalue weighted by Gasteiger charge is -2.31. The minimum absolute atomic E-state index is 0.0115. The standard InChI is InChI=1S/C30H32FN7O/c1-36(25-9-3-2-8-24(25)20-6-4-7-20)16-5-10-26(39)37-17-15-23(18-37)38-30-27(29(32)33-19-34-30)28(35-38)21-11-13-22(31)14-12-21/h2-3,5,8-14,19-20,23H,4,6-7,15-18H2,1H3,(H2,32,33,34)/b10-5+/t23-/m1/s1. The van der Waals surface area contributed by atoms with Crippen molar-refractivity contribution >= 4 is 28.4 Å². The summed E-state index contributed by atoms with van der Waals surface area (Å²) >= 11 is 0. The maximum Gasteiger partial charge on any atom is 0.246 e. The summed E-state index contributed by atoms with van der Waals surface area (Å²) in [6.45, 7) is 1.81. The molecule has 1 atom stereocenters. The van der Waals surface area contributed by atoms with E-state index in [-0.39, 0.29) is 17.8 Å². The number of nitrogens with zero attached hydrogens (tertiary/aromatic N) is 6. The molecule has 1 saturated carbocycles. The predicted molar refractivity (Wildman–Crippen MR) is 151 cm³/mol. The molecule has 4 aromatic rings. The van der Waals surface area contributed by atoms with Crippen LogP contribution in [0.25, 0.3) is 22.3 Å². The van der Waals surface area contributed by atoms with Gasteiger partial charge in [0.1, 0.15) is 23.7 Å². The monoisotopic (exact) mass is 525 g/mol. The van der Waals surface area contributed by atoms with E-state index in [1.54, 1.807) is 18.2 Å². The smallest absolute Gasteiger partial charge is 0.246 e. The van der Waals surface area contributed by atoms with Crippen LogP contribution in [0.3, 0.4) is 0 Å². The number of aromatic nitrogens is 4. The van der Waals surface area contributed by atoms with E-state index in [2.05, 4.69) is 46.2 Å². The van der Waals surface area contributed by atoms with Crippen molar-refractivity contribution in [2.75, 3.05) is 37.3 Å². The predicted octanol–water partition coefficient (Wildman–Crippen LogP) is 4.95. The average Bonchev–Trinajstić information content (AvgIpc) is 3.55. The maximum atomic E-state index is 13.5. The number of benzene rings is 2. The lowest BCUT2D eigenvalue weighted by atomic mass is 9.79. The molecular formula is C30H32FN7O. The van der Waals surface area contributed by atoms with Crippen LogP contribution in [0.15, 0.2) is 67.0 Å². The number of nitrogen functional groups attached to an aromatic ring is 1. The molecule has 2 aromatic heterocycles. The number of hydrogen-bond donors (Lipinski definition) is 1. The highest BCUT2D eigenvalue weighted by atomic mass is 19.1. The number of likely N-dealkylation sites (tertiary alicyclic amines) is 1. The summed E-state index contributed by atoms with van der Waals surface area (Å²) in [5.41, 5.74) is 10.8. The number of rotatable bonds is 7. The van der Waals surface area contributed by atoms with Crippen LogP contribution in [0.2, 0.25) is 0 Å². The average molecular weight is 526 g/mol. The number of halogens is 1. The van der Waals surface area contributed by atoms with Crippen molar-refractivity contribution in [3.05, 3.63) is 78.4 Å². The number of anilines is 2. The molecule has 9 heteroatoms. The summed E-state index contributed by atoms with van der Waals surface area (Å²) in [5.74, 6) is 0.641. The second-order valence-electron chi connectivity index (χ2n) is 10.5. The number of fused-ring (bicyclic) bond motifs is 1. The van der Waals surface area contributed by atoms with Gasteiger partial charge in [0, 0.05) is 44.0 Å². The molecule has 200 valence electrons. The third kappa shape index (κ3) is 4.84. The largest absolute Gasteiger partial charge is 0.383 e. The first-order valence-electron chi connectivity index (χ1n) is 13.5. The molecule has 0 unspecified atom stereocenters. The van der Waals surface area contributed by atoms with Crippen molar-refractivity contribution in [1.82, 2.24) is 24.6 Å². The second kappa shape index (κ2) is 10.5. The topological polar surface area (TPSA) is 93.2 Å². The quantitative estimate of drug-likeness (QED) is 0.343. The number of para-hydroxylation sites is 1. The number of carbonyl (C=O) groups is 1. The van der Waals surface area contributed by atoms with Crippen LogP contribution in [0.5, 0.6) is 0 Å². The molecule has 1 amide bonds. The Morgan fingerprint density at radius 3 is 2.69 bits per heavy atom. The van der Waals surface area contributed by atoms with E-state index in [0.29, 0.717) is 48.1 Å². The van der Waals surface area contributed by atoms with E-state index in [4.69, 9.17) is 10.8 Å². The van der Waals surface area contributed by atoms with Gasteiger partial charge in [0.15, 0.2) is 5.65 Å². The molecule has 0 spiro atoms. The van der Waals surface area contributed by atoms with Crippen LogP contribution in [0.1, 0.15) is 43.2 Å². The zero-order valence-electron chi connectivity index (χ0n) is 22.0. The van der Waals surface area contributed by atoms with E-state index >= 15 is 0 Å². The number of amides is 1. The molecular weight excluding hydrogens is 493 g/mol. The second-order valence-corrected chi connectivity index (χ2v) is 10.5. The number of carbonyl (C=O) groups excluding carboxylic acids is 1. The lowest BCUT2D eigenvalue weighted by Crippen LogP contribution is -2.28. The van der Waals surface area contributed by atoms with Gasteiger partial charge in [0.2, 0.25) is 5.91 Å². The molecule has 0 bridgehead atoms. The maximum absolute atomic E-state index is 13.5. The molecule has 2 N–H and O–H groups in total. The molecule has 2 fully saturated rings. The molecule has 2 aliphatic rings. The highest BCUT2D eigenvalue weighted by Crippen LogP contribution is 2.40. The van der Waals surface area contributed by atoms with E-state index in [9.17, 15) is 9.18 Å². The van der Waals surface area contributed by atoms with Crippen molar-refractivity contribution in [3.8, 4) is 11.3 Å². The van der Waals surface area contributed by atoms with Crippen molar-refractivity contribution in [2.45, 2.75) is 37.6 Å². The molecule has 39 heavy (non-hydrogen) atoms. The molecule has 6 rings (SSSR count). The third-order valence-corrected chi connectivity index (χ3v) is 7.99. The first-order valence-corrected chi connectivity index (χ1v) is 13.5. The lowest BCUT2D eigenvalue weighted by molar-refractivity contribution is -0.125. The van der Waals surface area contributed by atoms with Crippen LogP contribution in [-0.2, 0) is 4.79 Å². The van der Waals surface area contributed by atoms with Gasteiger partial charge in [0.25, 0.3) is 0 Å². The van der Waals surface area contributed by atoms with Crippen LogP contribution in [-0.4, -0.2) is 57.2 Å². The molecule has 3 heterocycles. The molecule has 8 nitrogen and oxygen atoms in total. The van der Waals surface area contributed by atoms with Gasteiger partial charge in [-0.05, 0) is 61.1 Å². The van der Waals surface area contributed by atoms with Crippen molar-refractivity contribution in [2.24, 2.45) is 0 Å². The fourth-order valence-electron chi connectivity index (χ4n) is 5.62. The summed E-state index contributed by atoms with van der Waals surface area (Å²) in [6, 6.07) is 14.7. The Hall–Kier alpha value is -4.27. The van der Waals surface area contributed by atoms with Crippen LogP contribution < -0.4 is 10.6 Å². The first-order chi connectivity index (χ1) is 19.0. The Labute approximate surface area is 227 Å². The zero-order valence-corrected chi connectivity index (χ0v) is 22.0. The van der Waals surface area contributed by atoms with Gasteiger partial charge < -0.3 is 15.5 Å². The van der Waals surface area contributed by atoms with Gasteiger partial charge >= 0.3 is 0 Å². The summed E-state index contributed by atoms with van der Waals surface area (Å²) in [7, 11) is 2.08. The van der Waals surface area contributed by atoms with Crippen molar-refractivity contribution in [3.63, 3.8) is 0 Å². The van der Waals surface area contributed by atoms with Gasteiger partial charge in [-0.1, -0.05) is 30.7 Å². The molecule has 1 aliphatic carbocycles. The summed E-state index contributed by atoms with van der Waals surface area (Å²) < 4.78 is 15.4. The third-order valence-electron chi connectivity index (χ3n) is 7.99. The summed E-state index contributed by atoms with van der Waals surface area (Å²) in [6.07, 6.45) is 9.60. The molecule has 1 aliphatic heterocycles. The molecule has 1 saturated heterocycles. The van der Waals surface area contributed by atoms with Crippen molar-refractivity contribution in [1.29, 1.82) is 0 Å². The van der Waals surface area contributed by atoms with Crippen molar-refractivity contribution < 1.29 is 9.18 Å². The number of nitrogens with two attached hydrogens (primary N) is 1. The fourth-order valence-corrected chi connectivity index (χ4v) is 5.62. The number of likely N-dealkylation sites (N-methyl/N-ethyl adjacent to an activating group) is 1. The van der Waals surface area contributed by atoms with Gasteiger partial charge in [-0.15, -0.1) is 0 Å². The van der Waals surface area contributed by atoms with Crippen LogP contribution >= 0.6 is 0 Å². The first kappa shape index (κ1) is 25.0. The van der Waals surface area contributed by atoms with E-state index < -0.39 is 0 Å². The van der Waals surface area contributed by atoms with E-state index in [1.807, 2.05) is 15.7 Å². The highest BCUT2D eigenvalue weighted by molar-refractivity contribution is 5.98. The highest BCUT2D eigenvalue weighted by Gasteiger charge is 2.30. The van der Waals surface area contributed by atoms with E-state index in [0.717, 1.165) is 12.0 Å². The summed E-state index contributed by atoms with van der Waals surface area (Å²) in [5, 5.41) is 5.47. The van der Waals surface area contributed by atoms with Gasteiger partial charge in [-0.25, -0.2) is 19.0 Å². The normalized spacial score (nSPS) is 17.7. The van der Waals surface area contributed by atoms with Crippen LogP contribution in [0, 0.1) is 5.82 Å². The SMILES string of the molecule is CN(C/C=C/C(=O)N1CC[C@@H](n2nc(-c3ccc(F)cc3)c3c(N)ncnc32)C1)c1ccccc1C1CCC1. The molecule has 2 aromatic carbocycles. The van der Waals surface area contributed by atoms with E-state index in [1.165, 1.54) is 49.0 Å². The minimum atomic E-state index is -0.321. The van der Waals surface area contributed by atoms with Gasteiger partial charge in [-0.3, -0.25) is 4.79 Å². The van der Waals surface area contributed by atoms with Crippen LogP contribution in [0.4, 0.5) is 15.9 Å². The Kier molecular flexibility index (Phi) is 6.72. The van der Waals surface area contributed by atoms with Gasteiger partial charge in [0.05, 0.1) is 11.4 Å². The number of hydrogen-bond acceptors (Lipinski definition) is 6.